The predicted molar refractivity (Wildman–Crippen MR) is 201 cm³/mol. The Balaban J connectivity index is 0.000000753. The third-order valence-electron chi connectivity index (χ3n) is 7.66. The van der Waals surface area contributed by atoms with E-state index < -0.39 is 5.97 Å². The Hall–Kier alpha value is -4.53. The van der Waals surface area contributed by atoms with Crippen LogP contribution in [0.1, 0.15) is 105 Å². The second kappa shape index (κ2) is 29.2. The SMILES string of the molecule is CC(C)C[C@H](CN=[N+]=[N-])CC(=O)O.CC(C)C[C@H](CN=[N+]=[N-])CC(=O)OCc1ccccc1.CC[C@H](CC(=O)OCc1ccccc1)CC(C)C. The molecule has 2 aromatic rings. The van der Waals surface area contributed by atoms with Gasteiger partial charge in [-0.25, -0.2) is 0 Å². The molecule has 0 spiro atoms. The van der Waals surface area contributed by atoms with Crippen molar-refractivity contribution in [3.05, 3.63) is 92.7 Å². The lowest BCUT2D eigenvalue weighted by Gasteiger charge is -2.16. The smallest absolute Gasteiger partial charge is 0.306 e. The van der Waals surface area contributed by atoms with Gasteiger partial charge >= 0.3 is 17.9 Å². The highest BCUT2D eigenvalue weighted by molar-refractivity contribution is 5.70. The molecule has 0 aliphatic heterocycles. The van der Waals surface area contributed by atoms with Gasteiger partial charge in [0.1, 0.15) is 13.2 Å². The standard InChI is InChI=1S/C16H24O2.C15H21N3O2.C8H15N3O2/c1-4-14(10-13(2)3)11-16(17)18-12-15-8-6-5-7-9-15;1-12(2)8-14(10-17-18-16)9-15(19)20-11-13-6-4-3-5-7-13;1-6(2)3-7(4-8(12)13)5-10-11-9/h5-9,13-14H,4,10-12H2,1-3H3;3-7,12,14H,8-11H2,1-2H3;6-7H,3-5H2,1-2H3,(H,12,13)/t2*14-;7-/m000/s1. The monoisotopic (exact) mass is 708 g/mol. The fraction of sp³-hybridized carbons (Fsp3) is 0.615. The Morgan fingerprint density at radius 1 is 0.627 bits per heavy atom. The molecule has 1 N–H and O–H groups in total. The van der Waals surface area contributed by atoms with Gasteiger partial charge in [0.25, 0.3) is 0 Å². The molecule has 3 atom stereocenters. The molecule has 0 aliphatic rings. The first kappa shape index (κ1) is 46.5. The van der Waals surface area contributed by atoms with Crippen LogP contribution < -0.4 is 0 Å². The lowest BCUT2D eigenvalue weighted by atomic mass is 9.92. The van der Waals surface area contributed by atoms with Crippen LogP contribution in [0.3, 0.4) is 0 Å². The number of carbonyl (C=O) groups excluding carboxylic acids is 2. The van der Waals surface area contributed by atoms with Crippen LogP contribution in [0.15, 0.2) is 70.9 Å². The van der Waals surface area contributed by atoms with Crippen molar-refractivity contribution in [2.45, 2.75) is 107 Å². The van der Waals surface area contributed by atoms with Gasteiger partial charge in [-0.3, -0.25) is 14.4 Å². The highest BCUT2D eigenvalue weighted by atomic mass is 16.5. The van der Waals surface area contributed by atoms with E-state index >= 15 is 0 Å². The van der Waals surface area contributed by atoms with Crippen molar-refractivity contribution in [1.29, 1.82) is 0 Å². The molecule has 2 aromatic carbocycles. The Kier molecular flexibility index (Phi) is 26.6. The van der Waals surface area contributed by atoms with E-state index in [-0.39, 0.29) is 43.3 Å². The van der Waals surface area contributed by atoms with Crippen LogP contribution in [0.4, 0.5) is 0 Å². The lowest BCUT2D eigenvalue weighted by molar-refractivity contribution is -0.147. The molecule has 282 valence electrons. The molecule has 0 aliphatic carbocycles. The first-order chi connectivity index (χ1) is 24.3. The van der Waals surface area contributed by atoms with Crippen LogP contribution in [0, 0.1) is 35.5 Å². The summed E-state index contributed by atoms with van der Waals surface area (Å²) < 4.78 is 10.5. The van der Waals surface area contributed by atoms with Gasteiger partial charge in [0.2, 0.25) is 0 Å². The summed E-state index contributed by atoms with van der Waals surface area (Å²) in [5.41, 5.74) is 18.5. The maximum atomic E-state index is 11.8. The number of aliphatic carboxylic acids is 1. The summed E-state index contributed by atoms with van der Waals surface area (Å²) >= 11 is 0. The fourth-order valence-corrected chi connectivity index (χ4v) is 5.46. The molecule has 51 heavy (non-hydrogen) atoms. The van der Waals surface area contributed by atoms with E-state index in [9.17, 15) is 14.4 Å². The van der Waals surface area contributed by atoms with E-state index in [1.54, 1.807) is 0 Å². The van der Waals surface area contributed by atoms with Crippen LogP contribution in [0.5, 0.6) is 0 Å². The van der Waals surface area contributed by atoms with Gasteiger partial charge in [-0.1, -0.05) is 126 Å². The highest BCUT2D eigenvalue weighted by Crippen LogP contribution is 2.20. The number of azide groups is 2. The predicted octanol–water partition coefficient (Wildman–Crippen LogP) is 10.7. The highest BCUT2D eigenvalue weighted by Gasteiger charge is 2.17. The Labute approximate surface area is 304 Å². The lowest BCUT2D eigenvalue weighted by Crippen LogP contribution is -2.15. The summed E-state index contributed by atoms with van der Waals surface area (Å²) in [6.07, 6.45) is 4.68. The van der Waals surface area contributed by atoms with Crippen LogP contribution in [-0.2, 0) is 37.1 Å². The first-order valence-electron chi connectivity index (χ1n) is 17.9. The van der Waals surface area contributed by atoms with Crippen molar-refractivity contribution < 1.29 is 29.0 Å². The number of esters is 2. The van der Waals surface area contributed by atoms with Gasteiger partial charge in [-0.2, -0.15) is 0 Å². The van der Waals surface area contributed by atoms with Gasteiger partial charge in [0.05, 0.1) is 0 Å². The molecule has 0 saturated heterocycles. The van der Waals surface area contributed by atoms with Crippen molar-refractivity contribution >= 4 is 17.9 Å². The van der Waals surface area contributed by atoms with E-state index in [1.807, 2.05) is 74.5 Å². The summed E-state index contributed by atoms with van der Waals surface area (Å²) in [7, 11) is 0. The quantitative estimate of drug-likeness (QED) is 0.0581. The summed E-state index contributed by atoms with van der Waals surface area (Å²) in [5, 5.41) is 15.5. The molecule has 0 aromatic heterocycles. The number of hydrogen-bond donors (Lipinski definition) is 1. The molecule has 2 rings (SSSR count). The molecule has 0 bridgehead atoms. The zero-order valence-corrected chi connectivity index (χ0v) is 31.7. The van der Waals surface area contributed by atoms with Crippen molar-refractivity contribution in [2.75, 3.05) is 13.1 Å². The summed E-state index contributed by atoms with van der Waals surface area (Å²) in [6, 6.07) is 19.4. The van der Waals surface area contributed by atoms with Crippen LogP contribution in [-0.4, -0.2) is 36.1 Å². The zero-order valence-electron chi connectivity index (χ0n) is 31.7. The molecular formula is C39H60N6O6. The normalized spacial score (nSPS) is 12.1. The largest absolute Gasteiger partial charge is 0.481 e. The van der Waals surface area contributed by atoms with Crippen molar-refractivity contribution in [3.8, 4) is 0 Å². The maximum Gasteiger partial charge on any atom is 0.306 e. The number of carbonyl (C=O) groups is 3. The Morgan fingerprint density at radius 3 is 1.31 bits per heavy atom. The number of carboxylic acids is 1. The molecule has 12 heteroatoms. The van der Waals surface area contributed by atoms with Gasteiger partial charge in [0.15, 0.2) is 0 Å². The van der Waals surface area contributed by atoms with Crippen molar-refractivity contribution in [3.63, 3.8) is 0 Å². The van der Waals surface area contributed by atoms with Crippen molar-refractivity contribution in [2.24, 2.45) is 45.7 Å². The molecular weight excluding hydrogens is 648 g/mol. The molecule has 12 nitrogen and oxygen atoms in total. The number of ether oxygens (including phenoxy) is 2. The van der Waals surface area contributed by atoms with Gasteiger partial charge in [-0.05, 0) is 77.0 Å². The number of benzene rings is 2. The molecule has 0 radical (unpaired) electrons. The number of nitrogens with zero attached hydrogens (tertiary/aromatic N) is 6. The number of carboxylic acid groups (broad SMARTS) is 1. The van der Waals surface area contributed by atoms with Crippen LogP contribution in [0.2, 0.25) is 0 Å². The number of hydrogen-bond acceptors (Lipinski definition) is 7. The van der Waals surface area contributed by atoms with E-state index in [0.29, 0.717) is 49.7 Å². The third-order valence-corrected chi connectivity index (χ3v) is 7.66. The molecule has 0 saturated carbocycles. The van der Waals surface area contributed by atoms with Crippen molar-refractivity contribution in [1.82, 2.24) is 0 Å². The fourth-order valence-electron chi connectivity index (χ4n) is 5.46. The van der Waals surface area contributed by atoms with Crippen LogP contribution >= 0.6 is 0 Å². The molecule has 0 fully saturated rings. The molecule has 0 unspecified atom stereocenters. The van der Waals surface area contributed by atoms with Crippen LogP contribution in [0.25, 0.3) is 20.9 Å². The maximum absolute atomic E-state index is 11.8. The second-order valence-electron chi connectivity index (χ2n) is 14.0. The van der Waals surface area contributed by atoms with E-state index in [0.717, 1.165) is 36.8 Å². The minimum Gasteiger partial charge on any atom is -0.481 e. The zero-order chi connectivity index (χ0) is 38.4. The summed E-state index contributed by atoms with van der Waals surface area (Å²) in [5.74, 6) is 0.833. The number of rotatable bonds is 21. The van der Waals surface area contributed by atoms with Gasteiger partial charge in [-0.15, -0.1) is 0 Å². The van der Waals surface area contributed by atoms with E-state index in [2.05, 4.69) is 54.7 Å². The minimum absolute atomic E-state index is 0.0339. The average molecular weight is 709 g/mol. The second-order valence-corrected chi connectivity index (χ2v) is 14.0. The minimum atomic E-state index is -0.834. The van der Waals surface area contributed by atoms with E-state index in [4.69, 9.17) is 25.6 Å². The topological polar surface area (TPSA) is 187 Å². The third kappa shape index (κ3) is 27.9. The summed E-state index contributed by atoms with van der Waals surface area (Å²) in [6.45, 7) is 16.0. The molecule has 0 heterocycles. The van der Waals surface area contributed by atoms with Gasteiger partial charge in [0, 0.05) is 42.2 Å². The Bertz CT molecular complexity index is 1320. The van der Waals surface area contributed by atoms with E-state index in [1.165, 1.54) is 0 Å². The first-order valence-corrected chi connectivity index (χ1v) is 17.9. The molecule has 0 amide bonds. The Morgan fingerprint density at radius 2 is 0.980 bits per heavy atom. The summed E-state index contributed by atoms with van der Waals surface area (Å²) in [4.78, 5) is 39.4. The van der Waals surface area contributed by atoms with Gasteiger partial charge < -0.3 is 14.6 Å². The average Bonchev–Trinajstić information content (AvgIpc) is 3.08.